The van der Waals surface area contributed by atoms with Crippen LogP contribution in [0.5, 0.6) is 0 Å². The number of nitrogens with zero attached hydrogens (tertiary/aromatic N) is 2. The number of hydrogen-bond donors (Lipinski definition) is 2. The molecule has 18 heavy (non-hydrogen) atoms. The number of aromatic nitrogens is 3. The van der Waals surface area contributed by atoms with Gasteiger partial charge in [-0.15, -0.1) is 0 Å². The third-order valence-corrected chi connectivity index (χ3v) is 2.81. The number of nitrogens with one attached hydrogen (secondary N) is 1. The first-order valence-electron chi connectivity index (χ1n) is 6.15. The van der Waals surface area contributed by atoms with Crippen molar-refractivity contribution in [2.24, 2.45) is 0 Å². The number of aryl methyl sites for hydroxylation is 2. The molecule has 1 aromatic carbocycles. The topological polar surface area (TPSA) is 61.8 Å². The first-order valence-corrected chi connectivity index (χ1v) is 6.15. The van der Waals surface area contributed by atoms with E-state index in [0.29, 0.717) is 0 Å². The van der Waals surface area contributed by atoms with Crippen LogP contribution < -0.4 is 0 Å². The number of H-pyrrole nitrogens is 1. The molecule has 0 amide bonds. The second-order valence-electron chi connectivity index (χ2n) is 5.26. The normalized spacial score (nSPS) is 11.8. The molecular weight excluding hydrogens is 226 g/mol. The van der Waals surface area contributed by atoms with Crippen molar-refractivity contribution < 1.29 is 5.11 Å². The Morgan fingerprint density at radius 3 is 2.72 bits per heavy atom. The third-order valence-electron chi connectivity index (χ3n) is 2.81. The van der Waals surface area contributed by atoms with E-state index in [1.54, 1.807) is 0 Å². The molecule has 0 radical (unpaired) electrons. The van der Waals surface area contributed by atoms with Crippen LogP contribution in [-0.2, 0) is 6.42 Å². The molecule has 96 valence electrons. The maximum Gasteiger partial charge on any atom is 0.181 e. The Labute approximate surface area is 107 Å². The van der Waals surface area contributed by atoms with Crippen LogP contribution in [0.25, 0.3) is 11.4 Å². The molecule has 0 aliphatic rings. The highest BCUT2D eigenvalue weighted by Crippen LogP contribution is 2.19. The van der Waals surface area contributed by atoms with E-state index in [4.69, 9.17) is 0 Å². The summed E-state index contributed by atoms with van der Waals surface area (Å²) >= 11 is 0. The molecule has 4 heteroatoms. The quantitative estimate of drug-likeness (QED) is 0.870. The van der Waals surface area contributed by atoms with Crippen LogP contribution in [0.15, 0.2) is 24.3 Å². The van der Waals surface area contributed by atoms with Crippen molar-refractivity contribution in [1.29, 1.82) is 0 Å². The number of aromatic amines is 1. The van der Waals surface area contributed by atoms with Crippen molar-refractivity contribution in [3.8, 4) is 11.4 Å². The molecule has 0 saturated carbocycles. The Morgan fingerprint density at radius 1 is 1.33 bits per heavy atom. The number of aliphatic hydroxyl groups is 1. The minimum atomic E-state index is -0.628. The fraction of sp³-hybridized carbons (Fsp3) is 0.429. The molecule has 0 atom stereocenters. The smallest absolute Gasteiger partial charge is 0.181 e. The average molecular weight is 245 g/mol. The lowest BCUT2D eigenvalue weighted by Gasteiger charge is -2.16. The zero-order valence-corrected chi connectivity index (χ0v) is 11.1. The predicted molar refractivity (Wildman–Crippen MR) is 71.2 cm³/mol. The third kappa shape index (κ3) is 3.40. The van der Waals surface area contributed by atoms with Gasteiger partial charge in [0.15, 0.2) is 5.82 Å². The van der Waals surface area contributed by atoms with Crippen molar-refractivity contribution in [3.05, 3.63) is 35.7 Å². The average Bonchev–Trinajstić information content (AvgIpc) is 2.73. The summed E-state index contributed by atoms with van der Waals surface area (Å²) in [6.45, 7) is 5.54. The van der Waals surface area contributed by atoms with Gasteiger partial charge in [0.2, 0.25) is 0 Å². The van der Waals surface area contributed by atoms with Crippen LogP contribution in [0.4, 0.5) is 0 Å². The summed E-state index contributed by atoms with van der Waals surface area (Å²) in [6, 6.07) is 8.14. The number of benzene rings is 1. The molecule has 0 saturated heterocycles. The van der Waals surface area contributed by atoms with Gasteiger partial charge in [-0.2, -0.15) is 5.10 Å². The highest BCUT2D eigenvalue weighted by molar-refractivity contribution is 5.55. The van der Waals surface area contributed by atoms with Crippen molar-refractivity contribution in [3.63, 3.8) is 0 Å². The van der Waals surface area contributed by atoms with E-state index in [-0.39, 0.29) is 0 Å². The van der Waals surface area contributed by atoms with Gasteiger partial charge < -0.3 is 5.11 Å². The summed E-state index contributed by atoms with van der Waals surface area (Å²) in [5.41, 5.74) is 1.57. The molecule has 2 rings (SSSR count). The maximum atomic E-state index is 9.74. The lowest BCUT2D eigenvalue weighted by atomic mass is 9.98. The van der Waals surface area contributed by atoms with Gasteiger partial charge in [0.25, 0.3) is 0 Å². The lowest BCUT2D eigenvalue weighted by molar-refractivity contribution is 0.0714. The van der Waals surface area contributed by atoms with Crippen LogP contribution in [-0.4, -0.2) is 25.9 Å². The monoisotopic (exact) mass is 245 g/mol. The molecule has 0 spiro atoms. The predicted octanol–water partition coefficient (Wildman–Crippen LogP) is 2.48. The first kappa shape index (κ1) is 12.8. The van der Waals surface area contributed by atoms with E-state index < -0.39 is 5.60 Å². The SMILES string of the molecule is Cc1nc(-c2cccc(CCC(C)(C)O)c2)n[nH]1. The lowest BCUT2D eigenvalue weighted by Crippen LogP contribution is -2.19. The molecule has 2 aromatic rings. The van der Waals surface area contributed by atoms with Crippen LogP contribution >= 0.6 is 0 Å². The first-order chi connectivity index (χ1) is 8.44. The van der Waals surface area contributed by atoms with Gasteiger partial charge in [-0.05, 0) is 45.2 Å². The molecule has 0 aliphatic heterocycles. The summed E-state index contributed by atoms with van der Waals surface area (Å²) in [4.78, 5) is 4.31. The Balaban J connectivity index is 2.15. The van der Waals surface area contributed by atoms with Gasteiger partial charge in [-0.1, -0.05) is 18.2 Å². The molecule has 2 N–H and O–H groups in total. The fourth-order valence-corrected chi connectivity index (χ4v) is 1.79. The number of rotatable bonds is 4. The molecule has 0 bridgehead atoms. The summed E-state index contributed by atoms with van der Waals surface area (Å²) < 4.78 is 0. The van der Waals surface area contributed by atoms with Gasteiger partial charge in [-0.3, -0.25) is 5.10 Å². The second-order valence-corrected chi connectivity index (χ2v) is 5.26. The van der Waals surface area contributed by atoms with Crippen molar-refractivity contribution in [2.45, 2.75) is 39.2 Å². The van der Waals surface area contributed by atoms with E-state index in [2.05, 4.69) is 27.3 Å². The van der Waals surface area contributed by atoms with Crippen molar-refractivity contribution in [2.75, 3.05) is 0 Å². The fourth-order valence-electron chi connectivity index (χ4n) is 1.79. The minimum Gasteiger partial charge on any atom is -0.390 e. The van der Waals surface area contributed by atoms with E-state index in [9.17, 15) is 5.11 Å². The van der Waals surface area contributed by atoms with Crippen LogP contribution in [0.3, 0.4) is 0 Å². The molecule has 0 fully saturated rings. The van der Waals surface area contributed by atoms with Crippen LogP contribution in [0, 0.1) is 6.92 Å². The summed E-state index contributed by atoms with van der Waals surface area (Å²) in [5.74, 6) is 1.53. The molecule has 0 unspecified atom stereocenters. The number of hydrogen-bond acceptors (Lipinski definition) is 3. The molecule has 0 aliphatic carbocycles. The summed E-state index contributed by atoms with van der Waals surface area (Å²) in [5, 5.41) is 16.7. The van der Waals surface area contributed by atoms with E-state index in [1.165, 1.54) is 5.56 Å². The standard InChI is InChI=1S/C14H19N3O/c1-10-15-13(17-16-10)12-6-4-5-11(9-12)7-8-14(2,3)18/h4-6,9,18H,7-8H2,1-3H3,(H,15,16,17). The summed E-state index contributed by atoms with van der Waals surface area (Å²) in [7, 11) is 0. The Morgan fingerprint density at radius 2 is 2.11 bits per heavy atom. The van der Waals surface area contributed by atoms with Crippen LogP contribution in [0.2, 0.25) is 0 Å². The molecule has 4 nitrogen and oxygen atoms in total. The van der Waals surface area contributed by atoms with E-state index in [0.717, 1.165) is 30.1 Å². The molecule has 1 heterocycles. The van der Waals surface area contributed by atoms with Crippen molar-refractivity contribution in [1.82, 2.24) is 15.2 Å². The zero-order chi connectivity index (χ0) is 13.2. The Kier molecular flexibility index (Phi) is 3.48. The highest BCUT2D eigenvalue weighted by Gasteiger charge is 2.12. The summed E-state index contributed by atoms with van der Waals surface area (Å²) in [6.07, 6.45) is 1.59. The highest BCUT2D eigenvalue weighted by atomic mass is 16.3. The van der Waals surface area contributed by atoms with Gasteiger partial charge in [0.1, 0.15) is 5.82 Å². The maximum absolute atomic E-state index is 9.74. The van der Waals surface area contributed by atoms with Crippen molar-refractivity contribution >= 4 is 0 Å². The van der Waals surface area contributed by atoms with Gasteiger partial charge in [-0.25, -0.2) is 4.98 Å². The zero-order valence-electron chi connectivity index (χ0n) is 11.1. The Hall–Kier alpha value is -1.68. The largest absolute Gasteiger partial charge is 0.390 e. The van der Waals surface area contributed by atoms with Crippen LogP contribution in [0.1, 0.15) is 31.7 Å². The van der Waals surface area contributed by atoms with E-state index in [1.807, 2.05) is 32.9 Å². The van der Waals surface area contributed by atoms with Gasteiger partial charge in [0, 0.05) is 5.56 Å². The molecule has 1 aromatic heterocycles. The molecular formula is C14H19N3O. The van der Waals surface area contributed by atoms with Gasteiger partial charge >= 0.3 is 0 Å². The van der Waals surface area contributed by atoms with E-state index >= 15 is 0 Å². The second kappa shape index (κ2) is 4.90. The van der Waals surface area contributed by atoms with Gasteiger partial charge in [0.05, 0.1) is 5.60 Å². The Bertz CT molecular complexity index is 526. The minimum absolute atomic E-state index is 0.628.